The maximum Gasteiger partial charge on any atom is -0.00147 e. The number of hydrogen-bond acceptors (Lipinski definition) is 1. The van der Waals surface area contributed by atoms with E-state index in [1.165, 1.54) is 22.3 Å². The summed E-state index contributed by atoms with van der Waals surface area (Å²) in [7, 11) is 0. The first-order valence-corrected chi connectivity index (χ1v) is 5.31. The van der Waals surface area contributed by atoms with Crippen molar-refractivity contribution in [2.45, 2.75) is 13.8 Å². The fraction of sp³-hybridized carbons (Fsp3) is 0.167. The molecule has 0 aliphatic carbocycles. The van der Waals surface area contributed by atoms with E-state index < -0.39 is 0 Å². The topological polar surface area (TPSA) is 0 Å². The standard InChI is InChI=1S/C12H12S/c1-9-3-4-11(7-10(9)2)12-5-6-13-8-12/h3-8H,1-2H3. The first-order valence-electron chi connectivity index (χ1n) is 4.37. The second-order valence-corrected chi connectivity index (χ2v) is 4.09. The summed E-state index contributed by atoms with van der Waals surface area (Å²) in [5.41, 5.74) is 5.38. The largest absolute Gasteiger partial charge is 0.152 e. The Bertz CT molecular complexity index is 399. The van der Waals surface area contributed by atoms with Crippen molar-refractivity contribution in [3.63, 3.8) is 0 Å². The van der Waals surface area contributed by atoms with Gasteiger partial charge in [0.1, 0.15) is 0 Å². The molecule has 2 aromatic rings. The van der Waals surface area contributed by atoms with Gasteiger partial charge < -0.3 is 0 Å². The third kappa shape index (κ3) is 1.65. The molecule has 13 heavy (non-hydrogen) atoms. The fourth-order valence-electron chi connectivity index (χ4n) is 1.35. The van der Waals surface area contributed by atoms with Gasteiger partial charge in [-0.25, -0.2) is 0 Å². The molecule has 0 fully saturated rings. The van der Waals surface area contributed by atoms with Gasteiger partial charge in [-0.15, -0.1) is 0 Å². The lowest BCUT2D eigenvalue weighted by Gasteiger charge is -2.02. The van der Waals surface area contributed by atoms with E-state index in [0.29, 0.717) is 0 Å². The van der Waals surface area contributed by atoms with Crippen molar-refractivity contribution < 1.29 is 0 Å². The van der Waals surface area contributed by atoms with Crippen LogP contribution in [-0.4, -0.2) is 0 Å². The van der Waals surface area contributed by atoms with E-state index in [1.807, 2.05) is 0 Å². The maximum absolute atomic E-state index is 2.25. The van der Waals surface area contributed by atoms with Gasteiger partial charge in [-0.1, -0.05) is 18.2 Å². The normalized spacial score (nSPS) is 10.3. The van der Waals surface area contributed by atoms with Crippen LogP contribution in [0.3, 0.4) is 0 Å². The Labute approximate surface area is 82.9 Å². The summed E-state index contributed by atoms with van der Waals surface area (Å²) in [6.07, 6.45) is 0. The molecule has 0 nitrogen and oxygen atoms in total. The number of benzene rings is 1. The zero-order valence-electron chi connectivity index (χ0n) is 7.87. The minimum atomic E-state index is 1.32. The van der Waals surface area contributed by atoms with Crippen LogP contribution in [0.15, 0.2) is 35.0 Å². The van der Waals surface area contributed by atoms with E-state index >= 15 is 0 Å². The molecule has 1 heteroatoms. The molecule has 0 saturated heterocycles. The van der Waals surface area contributed by atoms with E-state index in [0.717, 1.165) is 0 Å². The molecular weight excluding hydrogens is 176 g/mol. The molecule has 0 radical (unpaired) electrons. The van der Waals surface area contributed by atoms with Crippen molar-refractivity contribution in [1.82, 2.24) is 0 Å². The van der Waals surface area contributed by atoms with Crippen LogP contribution in [0.1, 0.15) is 11.1 Å². The molecule has 0 aliphatic heterocycles. The molecular formula is C12H12S. The van der Waals surface area contributed by atoms with E-state index in [1.54, 1.807) is 11.3 Å². The first-order chi connectivity index (χ1) is 6.27. The molecule has 0 bridgehead atoms. The predicted molar refractivity (Wildman–Crippen MR) is 59.2 cm³/mol. The Morgan fingerprint density at radius 1 is 0.923 bits per heavy atom. The Morgan fingerprint density at radius 3 is 2.38 bits per heavy atom. The van der Waals surface area contributed by atoms with Gasteiger partial charge in [0.05, 0.1) is 0 Å². The SMILES string of the molecule is Cc1ccc(-c2ccsc2)cc1C. The summed E-state index contributed by atoms with van der Waals surface area (Å²) in [6.45, 7) is 4.30. The summed E-state index contributed by atoms with van der Waals surface area (Å²) in [6, 6.07) is 8.78. The molecule has 0 unspecified atom stereocenters. The third-order valence-corrected chi connectivity index (χ3v) is 3.04. The highest BCUT2D eigenvalue weighted by Gasteiger charge is 1.98. The fourth-order valence-corrected chi connectivity index (χ4v) is 2.01. The van der Waals surface area contributed by atoms with Crippen molar-refractivity contribution in [2.75, 3.05) is 0 Å². The smallest absolute Gasteiger partial charge is 0.00147 e. The van der Waals surface area contributed by atoms with Crippen LogP contribution in [0.25, 0.3) is 11.1 Å². The maximum atomic E-state index is 2.25. The highest BCUT2D eigenvalue weighted by molar-refractivity contribution is 7.08. The van der Waals surface area contributed by atoms with Crippen molar-refractivity contribution in [2.24, 2.45) is 0 Å². The van der Waals surface area contributed by atoms with Gasteiger partial charge >= 0.3 is 0 Å². The van der Waals surface area contributed by atoms with Crippen LogP contribution in [0.4, 0.5) is 0 Å². The molecule has 1 aromatic heterocycles. The van der Waals surface area contributed by atoms with Gasteiger partial charge in [0.15, 0.2) is 0 Å². The number of thiophene rings is 1. The molecule has 1 heterocycles. The predicted octanol–water partition coefficient (Wildman–Crippen LogP) is 4.03. The Kier molecular flexibility index (Phi) is 2.19. The molecule has 0 amide bonds. The van der Waals surface area contributed by atoms with Gasteiger partial charge in [0.2, 0.25) is 0 Å². The average Bonchev–Trinajstić information content (AvgIpc) is 2.62. The Balaban J connectivity index is 2.49. The quantitative estimate of drug-likeness (QED) is 0.633. The molecule has 1 aromatic carbocycles. The minimum absolute atomic E-state index is 1.32. The second kappa shape index (κ2) is 3.35. The molecule has 0 atom stereocenters. The zero-order valence-corrected chi connectivity index (χ0v) is 8.69. The van der Waals surface area contributed by atoms with Gasteiger partial charge in [-0.2, -0.15) is 11.3 Å². The van der Waals surface area contributed by atoms with Crippen LogP contribution >= 0.6 is 11.3 Å². The van der Waals surface area contributed by atoms with E-state index in [4.69, 9.17) is 0 Å². The third-order valence-electron chi connectivity index (χ3n) is 2.36. The lowest BCUT2D eigenvalue weighted by Crippen LogP contribution is -1.81. The molecule has 66 valence electrons. The van der Waals surface area contributed by atoms with Crippen molar-refractivity contribution in [3.05, 3.63) is 46.2 Å². The van der Waals surface area contributed by atoms with Gasteiger partial charge in [0, 0.05) is 0 Å². The van der Waals surface area contributed by atoms with Gasteiger partial charge in [0.25, 0.3) is 0 Å². The molecule has 0 saturated carbocycles. The van der Waals surface area contributed by atoms with E-state index in [9.17, 15) is 0 Å². The molecule has 2 rings (SSSR count). The first kappa shape index (κ1) is 8.52. The van der Waals surface area contributed by atoms with Crippen LogP contribution in [0.2, 0.25) is 0 Å². The summed E-state index contributed by atoms with van der Waals surface area (Å²) >= 11 is 1.74. The van der Waals surface area contributed by atoms with Gasteiger partial charge in [-0.05, 0) is 52.9 Å². The van der Waals surface area contributed by atoms with E-state index in [2.05, 4.69) is 48.9 Å². The summed E-state index contributed by atoms with van der Waals surface area (Å²) < 4.78 is 0. The Morgan fingerprint density at radius 2 is 1.77 bits per heavy atom. The summed E-state index contributed by atoms with van der Waals surface area (Å²) in [4.78, 5) is 0. The van der Waals surface area contributed by atoms with Crippen LogP contribution in [0, 0.1) is 13.8 Å². The number of hydrogen-bond donors (Lipinski definition) is 0. The molecule has 0 aliphatic rings. The highest BCUT2D eigenvalue weighted by atomic mass is 32.1. The van der Waals surface area contributed by atoms with Crippen molar-refractivity contribution in [1.29, 1.82) is 0 Å². The van der Waals surface area contributed by atoms with E-state index in [-0.39, 0.29) is 0 Å². The number of aryl methyl sites for hydroxylation is 2. The van der Waals surface area contributed by atoms with Crippen LogP contribution in [-0.2, 0) is 0 Å². The second-order valence-electron chi connectivity index (χ2n) is 3.31. The lowest BCUT2D eigenvalue weighted by atomic mass is 10.0. The summed E-state index contributed by atoms with van der Waals surface area (Å²) in [5, 5.41) is 4.30. The number of rotatable bonds is 1. The van der Waals surface area contributed by atoms with Crippen molar-refractivity contribution in [3.8, 4) is 11.1 Å². The average molecular weight is 188 g/mol. The molecule has 0 N–H and O–H groups in total. The zero-order chi connectivity index (χ0) is 9.26. The highest BCUT2D eigenvalue weighted by Crippen LogP contribution is 2.23. The summed E-state index contributed by atoms with van der Waals surface area (Å²) in [5.74, 6) is 0. The Hall–Kier alpha value is -1.08. The monoisotopic (exact) mass is 188 g/mol. The van der Waals surface area contributed by atoms with Crippen LogP contribution < -0.4 is 0 Å². The minimum Gasteiger partial charge on any atom is -0.152 e. The van der Waals surface area contributed by atoms with Crippen molar-refractivity contribution >= 4 is 11.3 Å². The lowest BCUT2D eigenvalue weighted by molar-refractivity contribution is 1.34. The van der Waals surface area contributed by atoms with Gasteiger partial charge in [-0.3, -0.25) is 0 Å². The van der Waals surface area contributed by atoms with Crippen LogP contribution in [0.5, 0.6) is 0 Å². The molecule has 0 spiro atoms.